The van der Waals surface area contributed by atoms with Gasteiger partial charge in [-0.1, -0.05) is 0 Å². The highest BCUT2D eigenvalue weighted by Crippen LogP contribution is 2.59. The van der Waals surface area contributed by atoms with Crippen molar-refractivity contribution in [3.63, 3.8) is 0 Å². The molecule has 0 amide bonds. The van der Waals surface area contributed by atoms with E-state index < -0.39 is 82.1 Å². The van der Waals surface area contributed by atoms with E-state index in [0.717, 1.165) is 24.3 Å². The van der Waals surface area contributed by atoms with Gasteiger partial charge in [0.2, 0.25) is 10.0 Å². The molecule has 1 saturated carbocycles. The molecule has 3 aliphatic rings. The molecule has 1 aliphatic carbocycles. The maximum absolute atomic E-state index is 15.3. The third-order valence-corrected chi connectivity index (χ3v) is 11.4. The molecule has 0 radical (unpaired) electrons. The Balaban J connectivity index is 1.72. The molecule has 2 fully saturated rings. The molecule has 1 N–H and O–H groups in total. The molecule has 2 heterocycles. The summed E-state index contributed by atoms with van der Waals surface area (Å²) in [5.41, 5.74) is -1.55. The summed E-state index contributed by atoms with van der Waals surface area (Å²) in [6.07, 6.45) is -4.89. The summed E-state index contributed by atoms with van der Waals surface area (Å²) in [7, 11) is -8.18. The van der Waals surface area contributed by atoms with Gasteiger partial charge in [0.15, 0.2) is 21.4 Å². The molecule has 2 aromatic rings. The number of fused-ring (bicyclic) bond motifs is 5. The Hall–Kier alpha value is -2.25. The van der Waals surface area contributed by atoms with Crippen molar-refractivity contribution in [2.45, 2.75) is 41.1 Å². The van der Waals surface area contributed by atoms with Gasteiger partial charge in [0, 0.05) is 12.0 Å². The van der Waals surface area contributed by atoms with E-state index in [4.69, 9.17) is 4.74 Å². The van der Waals surface area contributed by atoms with E-state index in [2.05, 4.69) is 4.72 Å². The van der Waals surface area contributed by atoms with Gasteiger partial charge >= 0.3 is 6.18 Å². The molecule has 0 aromatic heterocycles. The Morgan fingerprint density at radius 3 is 2.31 bits per heavy atom. The van der Waals surface area contributed by atoms with E-state index in [-0.39, 0.29) is 31.6 Å². The molecule has 1 saturated heterocycles. The van der Waals surface area contributed by atoms with E-state index in [1.807, 2.05) is 0 Å². The van der Waals surface area contributed by atoms with Crippen LogP contribution in [0.5, 0.6) is 5.75 Å². The summed E-state index contributed by atoms with van der Waals surface area (Å²) in [5, 5.41) is 0. The number of nitrogens with one attached hydrogen (secondary N) is 1. The standard InChI is InChI=1S/C22H20F5NO5S2/c23-16-5-6-17(24)20-19(16)21(35(31,32)13-3-1-12(2-4-13)22(25,26)27)9-7-18-14(15(21)11-33-20)8-10-34(29,30)28-18/h1-6,14-15,18,28H,7-11H2/t14-,15-,18+,21-/m0/s1. The summed E-state index contributed by atoms with van der Waals surface area (Å²) >= 11 is 0. The molecule has 0 bridgehead atoms. The molecule has 35 heavy (non-hydrogen) atoms. The maximum Gasteiger partial charge on any atom is 0.416 e. The first-order valence-electron chi connectivity index (χ1n) is 10.8. The lowest BCUT2D eigenvalue weighted by atomic mass is 9.64. The molecule has 4 atom stereocenters. The largest absolute Gasteiger partial charge is 0.490 e. The summed E-state index contributed by atoms with van der Waals surface area (Å²) in [6.45, 7) is -0.323. The van der Waals surface area contributed by atoms with E-state index in [1.165, 1.54) is 0 Å². The number of alkyl halides is 3. The molecule has 2 aliphatic heterocycles. The van der Waals surface area contributed by atoms with Crippen LogP contribution in [0.4, 0.5) is 22.0 Å². The first-order chi connectivity index (χ1) is 16.3. The van der Waals surface area contributed by atoms with Crippen molar-refractivity contribution in [3.05, 3.63) is 59.2 Å². The van der Waals surface area contributed by atoms with Crippen LogP contribution in [0.15, 0.2) is 41.3 Å². The van der Waals surface area contributed by atoms with Crippen molar-refractivity contribution < 1.29 is 43.5 Å². The van der Waals surface area contributed by atoms with Crippen LogP contribution in [0, 0.1) is 23.5 Å². The van der Waals surface area contributed by atoms with Gasteiger partial charge in [-0.3, -0.25) is 0 Å². The average Bonchev–Trinajstić information content (AvgIpc) is 2.79. The number of benzene rings is 2. The molecule has 6 nitrogen and oxygen atoms in total. The van der Waals surface area contributed by atoms with Gasteiger partial charge in [-0.15, -0.1) is 0 Å². The number of sulfonamides is 1. The van der Waals surface area contributed by atoms with Crippen molar-refractivity contribution in [2.24, 2.45) is 11.8 Å². The van der Waals surface area contributed by atoms with Crippen molar-refractivity contribution in [1.29, 1.82) is 0 Å². The van der Waals surface area contributed by atoms with Gasteiger partial charge in [-0.25, -0.2) is 30.3 Å². The van der Waals surface area contributed by atoms with E-state index in [9.17, 15) is 34.4 Å². The van der Waals surface area contributed by atoms with Gasteiger partial charge < -0.3 is 4.74 Å². The van der Waals surface area contributed by atoms with E-state index in [0.29, 0.717) is 12.1 Å². The lowest BCUT2D eigenvalue weighted by Crippen LogP contribution is -2.62. The highest BCUT2D eigenvalue weighted by atomic mass is 32.2. The van der Waals surface area contributed by atoms with Crippen LogP contribution in [-0.2, 0) is 30.8 Å². The predicted octanol–water partition coefficient (Wildman–Crippen LogP) is 3.76. The Morgan fingerprint density at radius 2 is 1.66 bits per heavy atom. The van der Waals surface area contributed by atoms with Crippen LogP contribution in [0.1, 0.15) is 30.4 Å². The monoisotopic (exact) mass is 537 g/mol. The second-order valence-electron chi connectivity index (χ2n) is 9.10. The van der Waals surface area contributed by atoms with Gasteiger partial charge in [-0.2, -0.15) is 13.2 Å². The highest BCUT2D eigenvalue weighted by Gasteiger charge is 2.63. The van der Waals surface area contributed by atoms with Gasteiger partial charge in [0.25, 0.3) is 0 Å². The number of ether oxygens (including phenoxy) is 1. The highest BCUT2D eigenvalue weighted by molar-refractivity contribution is 7.92. The SMILES string of the molecule is O=S1(=O)CC[C@@H]2[C@@H](CC[C@@]3(S(=O)(=O)c4ccc(C(F)(F)F)cc4)c4c(F)ccc(F)c4OC[C@@H]23)N1. The Bertz CT molecular complexity index is 1390. The number of rotatable bonds is 2. The zero-order valence-electron chi connectivity index (χ0n) is 18.0. The molecular formula is C22H20F5NO5S2. The first kappa shape index (κ1) is 24.4. The topological polar surface area (TPSA) is 89.5 Å². The quantitative estimate of drug-likeness (QED) is 0.590. The molecular weight excluding hydrogens is 517 g/mol. The smallest absolute Gasteiger partial charge is 0.416 e. The fourth-order valence-electron chi connectivity index (χ4n) is 5.84. The Morgan fingerprint density at radius 1 is 1.00 bits per heavy atom. The fourth-order valence-corrected chi connectivity index (χ4v) is 9.69. The molecule has 190 valence electrons. The summed E-state index contributed by atoms with van der Waals surface area (Å²) in [4.78, 5) is -0.471. The zero-order valence-corrected chi connectivity index (χ0v) is 19.6. The fraction of sp³-hybridized carbons (Fsp3) is 0.455. The molecule has 0 unspecified atom stereocenters. The predicted molar refractivity (Wildman–Crippen MR) is 114 cm³/mol. The van der Waals surface area contributed by atoms with Crippen molar-refractivity contribution >= 4 is 19.9 Å². The van der Waals surface area contributed by atoms with Crippen LogP contribution in [0.2, 0.25) is 0 Å². The van der Waals surface area contributed by atoms with Gasteiger partial charge in [0.1, 0.15) is 10.6 Å². The number of hydrogen-bond donors (Lipinski definition) is 1. The number of sulfone groups is 1. The van der Waals surface area contributed by atoms with E-state index >= 15 is 4.39 Å². The Labute approximate surface area is 198 Å². The minimum atomic E-state index is -4.69. The van der Waals surface area contributed by atoms with Crippen molar-refractivity contribution in [2.75, 3.05) is 12.4 Å². The Kier molecular flexibility index (Phi) is 5.50. The summed E-state index contributed by atoms with van der Waals surface area (Å²) in [6, 6.07) is 3.85. The molecule has 0 spiro atoms. The molecule has 2 aromatic carbocycles. The molecule has 5 rings (SSSR count). The van der Waals surface area contributed by atoms with Crippen molar-refractivity contribution in [1.82, 2.24) is 4.72 Å². The minimum absolute atomic E-state index is 0.00958. The van der Waals surface area contributed by atoms with Crippen LogP contribution in [0.25, 0.3) is 0 Å². The summed E-state index contributed by atoms with van der Waals surface area (Å²) < 4.78 is 128. The third-order valence-electron chi connectivity index (χ3n) is 7.37. The van der Waals surface area contributed by atoms with Crippen LogP contribution < -0.4 is 9.46 Å². The average molecular weight is 538 g/mol. The third kappa shape index (κ3) is 3.65. The zero-order chi connectivity index (χ0) is 25.4. The number of halogens is 5. The second kappa shape index (κ2) is 7.87. The van der Waals surface area contributed by atoms with Crippen LogP contribution >= 0.6 is 0 Å². The van der Waals surface area contributed by atoms with E-state index in [1.54, 1.807) is 0 Å². The van der Waals surface area contributed by atoms with Crippen LogP contribution in [-0.4, -0.2) is 35.2 Å². The first-order valence-corrected chi connectivity index (χ1v) is 13.9. The molecule has 13 heteroatoms. The second-order valence-corrected chi connectivity index (χ2v) is 13.2. The van der Waals surface area contributed by atoms with Gasteiger partial charge in [0.05, 0.1) is 28.4 Å². The maximum atomic E-state index is 15.3. The lowest BCUT2D eigenvalue weighted by Gasteiger charge is -2.54. The van der Waals surface area contributed by atoms with Crippen LogP contribution in [0.3, 0.4) is 0 Å². The minimum Gasteiger partial charge on any atom is -0.490 e. The van der Waals surface area contributed by atoms with Gasteiger partial charge in [-0.05, 0) is 61.6 Å². The van der Waals surface area contributed by atoms with Crippen molar-refractivity contribution in [3.8, 4) is 5.75 Å². The normalized spacial score (nSPS) is 29.9. The summed E-state index contributed by atoms with van der Waals surface area (Å²) in [5.74, 6) is -4.36. The number of hydrogen-bond acceptors (Lipinski definition) is 5. The lowest BCUT2D eigenvalue weighted by molar-refractivity contribution is -0.137.